The lowest BCUT2D eigenvalue weighted by molar-refractivity contribution is -0.0894. The van der Waals surface area contributed by atoms with Crippen LogP contribution in [0.25, 0.3) is 0 Å². The monoisotopic (exact) mass is 252 g/mol. The van der Waals surface area contributed by atoms with Crippen LogP contribution < -0.4 is 5.32 Å². The summed E-state index contributed by atoms with van der Waals surface area (Å²) >= 11 is 0. The number of hydrogen-bond donors (Lipinski definition) is 1. The molecule has 1 aliphatic heterocycles. The summed E-state index contributed by atoms with van der Waals surface area (Å²) in [5, 5.41) is 3.30. The van der Waals surface area contributed by atoms with Gasteiger partial charge in [0.2, 0.25) is 0 Å². The lowest BCUT2D eigenvalue weighted by Gasteiger charge is -2.37. The van der Waals surface area contributed by atoms with Crippen LogP contribution in [0.2, 0.25) is 0 Å². The lowest BCUT2D eigenvalue weighted by Crippen LogP contribution is -2.47. The maximum Gasteiger partial charge on any atom is 0.118 e. The van der Waals surface area contributed by atoms with Gasteiger partial charge in [0.05, 0.1) is 25.0 Å². The summed E-state index contributed by atoms with van der Waals surface area (Å²) in [4.78, 5) is 2.39. The summed E-state index contributed by atoms with van der Waals surface area (Å²) < 4.78 is 11.3. The van der Waals surface area contributed by atoms with Crippen molar-refractivity contribution in [1.82, 2.24) is 10.2 Å². The molecule has 1 N–H and O–H groups in total. The van der Waals surface area contributed by atoms with Gasteiger partial charge in [-0.2, -0.15) is 0 Å². The highest BCUT2D eigenvalue weighted by Crippen LogP contribution is 2.19. The quantitative estimate of drug-likeness (QED) is 0.870. The Morgan fingerprint density at radius 1 is 1.44 bits per heavy atom. The van der Waals surface area contributed by atoms with E-state index >= 15 is 0 Å². The van der Waals surface area contributed by atoms with Crippen LogP contribution in [0, 0.1) is 0 Å². The number of ether oxygens (including phenoxy) is 1. The molecule has 2 rings (SSSR count). The summed E-state index contributed by atoms with van der Waals surface area (Å²) in [7, 11) is 0. The molecule has 0 aliphatic carbocycles. The topological polar surface area (TPSA) is 37.6 Å². The van der Waals surface area contributed by atoms with E-state index in [9.17, 15) is 0 Å². The van der Waals surface area contributed by atoms with Crippen molar-refractivity contribution in [3.05, 3.63) is 23.7 Å². The molecule has 0 unspecified atom stereocenters. The first-order valence-electron chi connectivity index (χ1n) is 6.72. The van der Waals surface area contributed by atoms with Gasteiger partial charge in [-0.15, -0.1) is 0 Å². The number of morpholine rings is 1. The van der Waals surface area contributed by atoms with Gasteiger partial charge >= 0.3 is 0 Å². The summed E-state index contributed by atoms with van der Waals surface area (Å²) in [6.45, 7) is 11.9. The molecule has 0 spiro atoms. The van der Waals surface area contributed by atoms with Crippen molar-refractivity contribution in [2.45, 2.75) is 39.5 Å². The zero-order valence-corrected chi connectivity index (χ0v) is 11.7. The van der Waals surface area contributed by atoms with Crippen LogP contribution in [0.3, 0.4) is 0 Å². The maximum atomic E-state index is 5.71. The van der Waals surface area contributed by atoms with E-state index in [0.717, 1.165) is 45.1 Å². The lowest BCUT2D eigenvalue weighted by atomic mass is 10.1. The highest BCUT2D eigenvalue weighted by Gasteiger charge is 2.27. The second kappa shape index (κ2) is 5.87. The third-order valence-corrected chi connectivity index (χ3v) is 3.17. The van der Waals surface area contributed by atoms with Crippen LogP contribution in [0.5, 0.6) is 0 Å². The summed E-state index contributed by atoms with van der Waals surface area (Å²) in [5.74, 6) is 1.04. The van der Waals surface area contributed by atoms with E-state index in [0.29, 0.717) is 0 Å². The fourth-order valence-electron chi connectivity index (χ4n) is 2.34. The predicted molar refractivity (Wildman–Crippen MR) is 71.4 cm³/mol. The van der Waals surface area contributed by atoms with Gasteiger partial charge in [-0.1, -0.05) is 6.92 Å². The molecular formula is C14H24N2O2. The van der Waals surface area contributed by atoms with E-state index in [2.05, 4.69) is 37.1 Å². The van der Waals surface area contributed by atoms with Crippen molar-refractivity contribution in [2.24, 2.45) is 0 Å². The van der Waals surface area contributed by atoms with E-state index in [-0.39, 0.29) is 5.60 Å². The molecule has 18 heavy (non-hydrogen) atoms. The predicted octanol–water partition coefficient (Wildman–Crippen LogP) is 2.00. The normalized spacial score (nSPS) is 20.2. The highest BCUT2D eigenvalue weighted by molar-refractivity contribution is 5.12. The SMILES string of the molecule is CCNCc1coc(CN2CCOC(C)(C)C2)c1. The minimum absolute atomic E-state index is 0.0442. The van der Waals surface area contributed by atoms with Crippen molar-refractivity contribution in [3.63, 3.8) is 0 Å². The third kappa shape index (κ3) is 3.83. The Morgan fingerprint density at radius 2 is 2.28 bits per heavy atom. The minimum Gasteiger partial charge on any atom is -0.468 e. The summed E-state index contributed by atoms with van der Waals surface area (Å²) in [6, 6.07) is 2.14. The van der Waals surface area contributed by atoms with E-state index in [1.807, 2.05) is 6.26 Å². The molecule has 2 heterocycles. The fraction of sp³-hybridized carbons (Fsp3) is 0.714. The van der Waals surface area contributed by atoms with Crippen molar-refractivity contribution in [1.29, 1.82) is 0 Å². The van der Waals surface area contributed by atoms with E-state index in [1.165, 1.54) is 5.56 Å². The Kier molecular flexibility index (Phi) is 4.43. The molecule has 4 nitrogen and oxygen atoms in total. The van der Waals surface area contributed by atoms with E-state index < -0.39 is 0 Å². The van der Waals surface area contributed by atoms with Crippen LogP contribution in [0.15, 0.2) is 16.7 Å². The molecule has 1 fully saturated rings. The first-order valence-corrected chi connectivity index (χ1v) is 6.72. The molecule has 0 saturated carbocycles. The van der Waals surface area contributed by atoms with Crippen molar-refractivity contribution in [2.75, 3.05) is 26.2 Å². The van der Waals surface area contributed by atoms with Crippen LogP contribution in [0.4, 0.5) is 0 Å². The molecule has 0 amide bonds. The molecule has 1 aromatic heterocycles. The van der Waals surface area contributed by atoms with Gasteiger partial charge in [0, 0.05) is 25.2 Å². The average molecular weight is 252 g/mol. The van der Waals surface area contributed by atoms with Crippen molar-refractivity contribution >= 4 is 0 Å². The molecule has 1 aliphatic rings. The van der Waals surface area contributed by atoms with Gasteiger partial charge in [-0.05, 0) is 26.5 Å². The number of hydrogen-bond acceptors (Lipinski definition) is 4. The molecule has 1 saturated heterocycles. The van der Waals surface area contributed by atoms with Gasteiger partial charge in [-0.3, -0.25) is 4.90 Å². The Morgan fingerprint density at radius 3 is 3.00 bits per heavy atom. The van der Waals surface area contributed by atoms with Gasteiger partial charge in [0.25, 0.3) is 0 Å². The zero-order chi connectivity index (χ0) is 13.0. The molecule has 0 radical (unpaired) electrons. The Labute approximate surface area is 109 Å². The number of rotatable bonds is 5. The fourth-order valence-corrected chi connectivity index (χ4v) is 2.34. The van der Waals surface area contributed by atoms with Crippen LogP contribution in [-0.2, 0) is 17.8 Å². The Bertz CT molecular complexity index is 374. The first-order chi connectivity index (χ1) is 8.59. The van der Waals surface area contributed by atoms with E-state index in [4.69, 9.17) is 9.15 Å². The Balaban J connectivity index is 1.87. The molecular weight excluding hydrogens is 228 g/mol. The summed E-state index contributed by atoms with van der Waals surface area (Å²) in [6.07, 6.45) is 1.85. The molecule has 0 bridgehead atoms. The second-order valence-corrected chi connectivity index (χ2v) is 5.52. The third-order valence-electron chi connectivity index (χ3n) is 3.17. The van der Waals surface area contributed by atoms with Crippen LogP contribution >= 0.6 is 0 Å². The zero-order valence-electron chi connectivity index (χ0n) is 11.7. The molecule has 4 heteroatoms. The highest BCUT2D eigenvalue weighted by atomic mass is 16.5. The molecule has 1 aromatic rings. The molecule has 102 valence electrons. The molecule has 0 aromatic carbocycles. The number of nitrogens with one attached hydrogen (secondary N) is 1. The average Bonchev–Trinajstić information content (AvgIpc) is 2.73. The van der Waals surface area contributed by atoms with Crippen molar-refractivity contribution in [3.8, 4) is 0 Å². The van der Waals surface area contributed by atoms with E-state index in [1.54, 1.807) is 0 Å². The number of furan rings is 1. The van der Waals surface area contributed by atoms with Crippen LogP contribution in [0.1, 0.15) is 32.1 Å². The minimum atomic E-state index is -0.0442. The van der Waals surface area contributed by atoms with Crippen LogP contribution in [-0.4, -0.2) is 36.7 Å². The second-order valence-electron chi connectivity index (χ2n) is 5.52. The van der Waals surface area contributed by atoms with Gasteiger partial charge < -0.3 is 14.5 Å². The van der Waals surface area contributed by atoms with Crippen molar-refractivity contribution < 1.29 is 9.15 Å². The Hall–Kier alpha value is -0.840. The standard InChI is InChI=1S/C14H24N2O2/c1-4-15-8-12-7-13(17-10-12)9-16-5-6-18-14(2,3)11-16/h7,10,15H,4-6,8-9,11H2,1-3H3. The molecule has 0 atom stereocenters. The van der Waals surface area contributed by atoms with Gasteiger partial charge in [0.1, 0.15) is 5.76 Å². The largest absolute Gasteiger partial charge is 0.468 e. The first kappa shape index (κ1) is 13.6. The maximum absolute atomic E-state index is 5.71. The smallest absolute Gasteiger partial charge is 0.118 e. The summed E-state index contributed by atoms with van der Waals surface area (Å²) in [5.41, 5.74) is 1.18. The van der Waals surface area contributed by atoms with Gasteiger partial charge in [-0.25, -0.2) is 0 Å². The number of nitrogens with zero attached hydrogens (tertiary/aromatic N) is 1. The van der Waals surface area contributed by atoms with Gasteiger partial charge in [0.15, 0.2) is 0 Å².